The first-order valence-electron chi connectivity index (χ1n) is 11.9. The lowest BCUT2D eigenvalue weighted by Crippen LogP contribution is -2.00. The van der Waals surface area contributed by atoms with Crippen LogP contribution in [0.2, 0.25) is 0 Å². The molecule has 2 heteroatoms. The number of aromatic nitrogens is 2. The average molecular weight is 449 g/mol. The van der Waals surface area contributed by atoms with Crippen molar-refractivity contribution in [2.45, 2.75) is 6.92 Å². The van der Waals surface area contributed by atoms with Crippen molar-refractivity contribution in [3.63, 3.8) is 0 Å². The predicted octanol–water partition coefficient (Wildman–Crippen LogP) is 8.61. The van der Waals surface area contributed by atoms with Crippen LogP contribution in [-0.2, 0) is 0 Å². The van der Waals surface area contributed by atoms with Gasteiger partial charge in [0.2, 0.25) is 0 Å². The highest BCUT2D eigenvalue weighted by Crippen LogP contribution is 2.40. The molecule has 0 aliphatic carbocycles. The number of nitrogens with zero attached hydrogens (tertiary/aromatic N) is 2. The molecule has 2 nitrogen and oxygen atoms in total. The minimum absolute atomic E-state index is 0.893. The first-order valence-corrected chi connectivity index (χ1v) is 11.9. The number of aryl methyl sites for hydroxylation is 1. The Morgan fingerprint density at radius 3 is 1.31 bits per heavy atom. The fourth-order valence-corrected chi connectivity index (χ4v) is 4.74. The molecule has 5 aromatic carbocycles. The third-order valence-corrected chi connectivity index (χ3v) is 6.38. The molecule has 0 spiro atoms. The molecule has 1 aromatic heterocycles. The van der Waals surface area contributed by atoms with E-state index in [1.807, 2.05) is 24.3 Å². The Morgan fingerprint density at radius 1 is 0.429 bits per heavy atom. The van der Waals surface area contributed by atoms with Gasteiger partial charge in [-0.15, -0.1) is 0 Å². The van der Waals surface area contributed by atoms with Gasteiger partial charge >= 0.3 is 0 Å². The topological polar surface area (TPSA) is 25.8 Å². The summed E-state index contributed by atoms with van der Waals surface area (Å²) in [6, 6.07) is 44.0. The smallest absolute Gasteiger partial charge is 0.0982 e. The van der Waals surface area contributed by atoms with Crippen molar-refractivity contribution in [3.8, 4) is 44.8 Å². The van der Waals surface area contributed by atoms with Crippen molar-refractivity contribution >= 4 is 11.0 Å². The second-order valence-corrected chi connectivity index (χ2v) is 8.70. The monoisotopic (exact) mass is 448 g/mol. The van der Waals surface area contributed by atoms with E-state index >= 15 is 0 Å². The van der Waals surface area contributed by atoms with E-state index in [2.05, 4.69) is 110 Å². The van der Waals surface area contributed by atoms with Crippen LogP contribution >= 0.6 is 0 Å². The maximum absolute atomic E-state index is 5.38. The molecule has 0 amide bonds. The zero-order valence-electron chi connectivity index (χ0n) is 19.5. The third kappa shape index (κ3) is 3.89. The lowest BCUT2D eigenvalue weighted by molar-refractivity contribution is 1.28. The van der Waals surface area contributed by atoms with E-state index < -0.39 is 0 Å². The van der Waals surface area contributed by atoms with Gasteiger partial charge in [-0.25, -0.2) is 9.97 Å². The van der Waals surface area contributed by atoms with Gasteiger partial charge in [0.1, 0.15) is 0 Å². The highest BCUT2D eigenvalue weighted by Gasteiger charge is 2.20. The molecule has 0 radical (unpaired) electrons. The van der Waals surface area contributed by atoms with Crippen molar-refractivity contribution in [2.75, 3.05) is 0 Å². The van der Waals surface area contributed by atoms with E-state index in [4.69, 9.17) is 9.97 Å². The SMILES string of the molecule is Cc1cc(-c2ccccc2)c2nc(-c3ccccc3)c(-c3ccccc3)nc2c1-c1ccccc1. The van der Waals surface area contributed by atoms with Crippen LogP contribution in [0.4, 0.5) is 0 Å². The van der Waals surface area contributed by atoms with Gasteiger partial charge < -0.3 is 0 Å². The Morgan fingerprint density at radius 2 is 0.829 bits per heavy atom. The van der Waals surface area contributed by atoms with Crippen LogP contribution in [0.15, 0.2) is 127 Å². The van der Waals surface area contributed by atoms with Crippen LogP contribution < -0.4 is 0 Å². The van der Waals surface area contributed by atoms with E-state index in [9.17, 15) is 0 Å². The summed E-state index contributed by atoms with van der Waals surface area (Å²) in [7, 11) is 0. The van der Waals surface area contributed by atoms with E-state index in [0.717, 1.165) is 55.8 Å². The Hall–Kier alpha value is -4.56. The molecule has 0 unspecified atom stereocenters. The number of benzene rings is 5. The van der Waals surface area contributed by atoms with Crippen LogP contribution in [0.1, 0.15) is 5.56 Å². The highest BCUT2D eigenvalue weighted by atomic mass is 14.8. The largest absolute Gasteiger partial charge is 0.243 e. The predicted molar refractivity (Wildman–Crippen MR) is 146 cm³/mol. The molecule has 0 saturated heterocycles. The van der Waals surface area contributed by atoms with Crippen molar-refractivity contribution in [1.82, 2.24) is 9.97 Å². The fourth-order valence-electron chi connectivity index (χ4n) is 4.74. The molecule has 0 atom stereocenters. The van der Waals surface area contributed by atoms with Gasteiger partial charge in [0.25, 0.3) is 0 Å². The van der Waals surface area contributed by atoms with E-state index in [0.29, 0.717) is 0 Å². The standard InChI is InChI=1S/C33H24N2/c1-23-22-28(24-14-6-2-7-15-24)32-33(29(23)25-16-8-3-9-17-25)35-31(27-20-12-5-13-21-27)30(34-32)26-18-10-4-11-19-26/h2-22H,1H3. The Bertz CT molecular complexity index is 1610. The molecule has 166 valence electrons. The van der Waals surface area contributed by atoms with Crippen LogP contribution in [0.25, 0.3) is 55.8 Å². The van der Waals surface area contributed by atoms with Crippen LogP contribution in [0.5, 0.6) is 0 Å². The summed E-state index contributed by atoms with van der Waals surface area (Å²) in [5, 5.41) is 0. The maximum Gasteiger partial charge on any atom is 0.0982 e. The van der Waals surface area contributed by atoms with Gasteiger partial charge in [-0.2, -0.15) is 0 Å². The van der Waals surface area contributed by atoms with Gasteiger partial charge in [-0.05, 0) is 29.7 Å². The zero-order chi connectivity index (χ0) is 23.6. The summed E-state index contributed by atoms with van der Waals surface area (Å²) in [6.07, 6.45) is 0. The van der Waals surface area contributed by atoms with Gasteiger partial charge in [0, 0.05) is 22.3 Å². The number of hydrogen-bond acceptors (Lipinski definition) is 2. The van der Waals surface area contributed by atoms with Crippen molar-refractivity contribution < 1.29 is 0 Å². The second kappa shape index (κ2) is 9.00. The molecular formula is C33H24N2. The zero-order valence-corrected chi connectivity index (χ0v) is 19.5. The molecule has 0 bridgehead atoms. The Balaban J connectivity index is 1.77. The van der Waals surface area contributed by atoms with E-state index in [1.165, 1.54) is 5.56 Å². The molecule has 1 heterocycles. The molecule has 35 heavy (non-hydrogen) atoms. The summed E-state index contributed by atoms with van der Waals surface area (Å²) >= 11 is 0. The first-order chi connectivity index (χ1) is 17.3. The molecule has 6 aromatic rings. The normalized spacial score (nSPS) is 11.0. The minimum Gasteiger partial charge on any atom is -0.243 e. The number of fused-ring (bicyclic) bond motifs is 1. The summed E-state index contributed by atoms with van der Waals surface area (Å²) in [4.78, 5) is 10.7. The third-order valence-electron chi connectivity index (χ3n) is 6.38. The summed E-state index contributed by atoms with van der Waals surface area (Å²) in [6.45, 7) is 2.17. The van der Waals surface area contributed by atoms with Crippen LogP contribution in [0, 0.1) is 6.92 Å². The van der Waals surface area contributed by atoms with Crippen LogP contribution in [0.3, 0.4) is 0 Å². The van der Waals surface area contributed by atoms with Gasteiger partial charge in [-0.3, -0.25) is 0 Å². The Labute approximate surface area is 205 Å². The van der Waals surface area contributed by atoms with Gasteiger partial charge in [0.15, 0.2) is 0 Å². The molecule has 0 fully saturated rings. The molecule has 0 N–H and O–H groups in total. The van der Waals surface area contributed by atoms with E-state index in [-0.39, 0.29) is 0 Å². The molecular weight excluding hydrogens is 424 g/mol. The van der Waals surface area contributed by atoms with Crippen molar-refractivity contribution in [3.05, 3.63) is 133 Å². The number of rotatable bonds is 4. The van der Waals surface area contributed by atoms with Gasteiger partial charge in [-0.1, -0.05) is 121 Å². The molecule has 0 saturated carbocycles. The Kier molecular flexibility index (Phi) is 5.40. The summed E-state index contributed by atoms with van der Waals surface area (Å²) in [5.41, 5.74) is 11.4. The summed E-state index contributed by atoms with van der Waals surface area (Å²) < 4.78 is 0. The van der Waals surface area contributed by atoms with Crippen LogP contribution in [-0.4, -0.2) is 9.97 Å². The molecule has 0 aliphatic heterocycles. The second-order valence-electron chi connectivity index (χ2n) is 8.70. The average Bonchev–Trinajstić information content (AvgIpc) is 2.94. The molecule has 0 aliphatic rings. The maximum atomic E-state index is 5.38. The lowest BCUT2D eigenvalue weighted by atomic mass is 9.92. The highest BCUT2D eigenvalue weighted by molar-refractivity contribution is 6.04. The van der Waals surface area contributed by atoms with Gasteiger partial charge in [0.05, 0.1) is 22.4 Å². The van der Waals surface area contributed by atoms with Crippen molar-refractivity contribution in [2.24, 2.45) is 0 Å². The molecule has 6 rings (SSSR count). The van der Waals surface area contributed by atoms with Crippen molar-refractivity contribution in [1.29, 1.82) is 0 Å². The quantitative estimate of drug-likeness (QED) is 0.270. The minimum atomic E-state index is 0.893. The van der Waals surface area contributed by atoms with E-state index in [1.54, 1.807) is 0 Å². The first kappa shape index (κ1) is 21.0. The lowest BCUT2D eigenvalue weighted by Gasteiger charge is -2.18. The summed E-state index contributed by atoms with van der Waals surface area (Å²) in [5.74, 6) is 0. The number of hydrogen-bond donors (Lipinski definition) is 0. The fraction of sp³-hybridized carbons (Fsp3) is 0.0303.